The van der Waals surface area contributed by atoms with Gasteiger partial charge in [-0.25, -0.2) is 4.79 Å². The number of carbonyl (C=O) groups is 2. The minimum Gasteiger partial charge on any atom is -0.481 e. The molecule has 1 aromatic rings. The molecule has 148 valence electrons. The summed E-state index contributed by atoms with van der Waals surface area (Å²) >= 11 is 0. The molecule has 1 aromatic carbocycles. The average molecular weight is 394 g/mol. The lowest BCUT2D eigenvalue weighted by Gasteiger charge is -2.30. The van der Waals surface area contributed by atoms with Crippen LogP contribution in [0, 0.1) is 11.8 Å². The summed E-state index contributed by atoms with van der Waals surface area (Å²) in [5.74, 6) is -3.49. The van der Waals surface area contributed by atoms with Gasteiger partial charge in [0.05, 0.1) is 11.3 Å². The summed E-state index contributed by atoms with van der Waals surface area (Å²) in [4.78, 5) is 24.5. The second-order valence-electron chi connectivity index (χ2n) is 6.65. The minimum atomic E-state index is -5.08. The molecule has 3 N–H and O–H groups in total. The highest BCUT2D eigenvalue weighted by Gasteiger charge is 2.38. The minimum absolute atomic E-state index is 0.262. The van der Waals surface area contributed by atoms with Crippen molar-refractivity contribution < 1.29 is 33.0 Å². The molecule has 0 amide bonds. The van der Waals surface area contributed by atoms with Crippen LogP contribution in [0.15, 0.2) is 29.4 Å². The molecule has 2 atom stereocenters. The SMILES string of the molecule is O=C(O)C(F)(F)F.O=C(O)C1CNC2=c3cc4c(cc3C=CCC2C1)=NC=C4. The predicted molar refractivity (Wildman–Crippen MR) is 94.2 cm³/mol. The first-order chi connectivity index (χ1) is 13.2. The van der Waals surface area contributed by atoms with E-state index in [0.29, 0.717) is 13.0 Å². The van der Waals surface area contributed by atoms with Crippen molar-refractivity contribution in [2.24, 2.45) is 16.8 Å². The maximum atomic E-state index is 11.2. The van der Waals surface area contributed by atoms with Crippen LogP contribution in [0.2, 0.25) is 0 Å². The smallest absolute Gasteiger partial charge is 0.481 e. The molecule has 0 aromatic heterocycles. The third-order valence-electron chi connectivity index (χ3n) is 4.78. The molecule has 3 aliphatic rings. The molecule has 0 spiro atoms. The van der Waals surface area contributed by atoms with E-state index >= 15 is 0 Å². The van der Waals surface area contributed by atoms with Crippen molar-refractivity contribution >= 4 is 29.8 Å². The van der Waals surface area contributed by atoms with E-state index in [-0.39, 0.29) is 11.8 Å². The van der Waals surface area contributed by atoms with E-state index < -0.39 is 18.1 Å². The number of nitrogens with zero attached hydrogens (tertiary/aromatic N) is 1. The second kappa shape index (κ2) is 7.49. The van der Waals surface area contributed by atoms with Gasteiger partial charge in [0, 0.05) is 35.1 Å². The molecule has 2 unspecified atom stereocenters. The number of carboxylic acids is 2. The lowest BCUT2D eigenvalue weighted by molar-refractivity contribution is -0.192. The van der Waals surface area contributed by atoms with Gasteiger partial charge in [-0.05, 0) is 36.6 Å². The molecular weight excluding hydrogens is 377 g/mol. The second-order valence-corrected chi connectivity index (χ2v) is 6.65. The van der Waals surface area contributed by atoms with Crippen molar-refractivity contribution in [2.75, 3.05) is 6.54 Å². The summed E-state index contributed by atoms with van der Waals surface area (Å²) in [7, 11) is 0. The van der Waals surface area contributed by atoms with Gasteiger partial charge in [-0.15, -0.1) is 0 Å². The maximum absolute atomic E-state index is 11.2. The molecule has 0 radical (unpaired) electrons. The lowest BCUT2D eigenvalue weighted by atomic mass is 9.85. The van der Waals surface area contributed by atoms with Gasteiger partial charge in [0.15, 0.2) is 0 Å². The van der Waals surface area contributed by atoms with Gasteiger partial charge in [-0.1, -0.05) is 12.2 Å². The van der Waals surface area contributed by atoms with Crippen LogP contribution in [-0.4, -0.2) is 34.9 Å². The Labute approximate surface area is 157 Å². The van der Waals surface area contributed by atoms with Gasteiger partial charge >= 0.3 is 18.1 Å². The summed E-state index contributed by atoms with van der Waals surface area (Å²) in [6.07, 6.45) is 4.63. The number of benzene rings is 1. The highest BCUT2D eigenvalue weighted by atomic mass is 19.4. The molecule has 4 rings (SSSR count). The van der Waals surface area contributed by atoms with Crippen molar-refractivity contribution in [3.05, 3.63) is 46.1 Å². The van der Waals surface area contributed by atoms with E-state index in [0.717, 1.165) is 17.3 Å². The Kier molecular flexibility index (Phi) is 5.26. The number of carboxylic acid groups (broad SMARTS) is 2. The number of rotatable bonds is 1. The third-order valence-corrected chi connectivity index (χ3v) is 4.78. The molecule has 0 saturated carbocycles. The number of alkyl halides is 3. The number of fused-ring (bicyclic) bond motifs is 3. The number of allylic oxidation sites excluding steroid dienone is 1. The van der Waals surface area contributed by atoms with Crippen LogP contribution < -0.4 is 15.9 Å². The van der Waals surface area contributed by atoms with Crippen molar-refractivity contribution in [1.29, 1.82) is 0 Å². The summed E-state index contributed by atoms with van der Waals surface area (Å²) in [5, 5.41) is 21.9. The van der Waals surface area contributed by atoms with Gasteiger partial charge in [-0.2, -0.15) is 13.2 Å². The predicted octanol–water partition coefficient (Wildman–Crippen LogP) is 1.76. The Balaban J connectivity index is 0.000000279. The van der Waals surface area contributed by atoms with Gasteiger partial charge in [0.1, 0.15) is 0 Å². The maximum Gasteiger partial charge on any atom is 0.490 e. The molecule has 2 aliphatic heterocycles. The van der Waals surface area contributed by atoms with Crippen LogP contribution in [0.4, 0.5) is 13.2 Å². The highest BCUT2D eigenvalue weighted by molar-refractivity contribution is 5.73. The average Bonchev–Trinajstić information content (AvgIpc) is 3.00. The summed E-state index contributed by atoms with van der Waals surface area (Å²) in [6.45, 7) is 0.512. The highest BCUT2D eigenvalue weighted by Crippen LogP contribution is 2.29. The molecule has 28 heavy (non-hydrogen) atoms. The van der Waals surface area contributed by atoms with Gasteiger partial charge in [-0.3, -0.25) is 9.79 Å². The Morgan fingerprint density at radius 3 is 2.50 bits per heavy atom. The largest absolute Gasteiger partial charge is 0.490 e. The number of nitrogens with one attached hydrogen (secondary N) is 1. The van der Waals surface area contributed by atoms with Gasteiger partial charge < -0.3 is 15.5 Å². The van der Waals surface area contributed by atoms with Crippen LogP contribution >= 0.6 is 0 Å². The fourth-order valence-electron chi connectivity index (χ4n) is 3.43. The Morgan fingerprint density at radius 2 is 1.86 bits per heavy atom. The van der Waals surface area contributed by atoms with E-state index in [1.807, 2.05) is 12.3 Å². The van der Waals surface area contributed by atoms with E-state index in [1.54, 1.807) is 0 Å². The van der Waals surface area contributed by atoms with Crippen molar-refractivity contribution in [1.82, 2.24) is 5.32 Å². The zero-order valence-corrected chi connectivity index (χ0v) is 14.5. The molecule has 1 saturated heterocycles. The topological polar surface area (TPSA) is 99.0 Å². The first kappa shape index (κ1) is 19.7. The number of aliphatic carboxylic acids is 2. The molecule has 2 heterocycles. The lowest BCUT2D eigenvalue weighted by Crippen LogP contribution is -2.40. The van der Waals surface area contributed by atoms with E-state index in [9.17, 15) is 23.1 Å². The third kappa shape index (κ3) is 4.08. The summed E-state index contributed by atoms with van der Waals surface area (Å²) in [6, 6.07) is 4.28. The van der Waals surface area contributed by atoms with Crippen LogP contribution in [0.3, 0.4) is 0 Å². The molecular formula is C19H17F3N2O4. The Hall–Kier alpha value is -3.10. The molecule has 1 fully saturated rings. The number of piperidine rings is 1. The normalized spacial score (nSPS) is 21.8. The zero-order valence-electron chi connectivity index (χ0n) is 14.5. The van der Waals surface area contributed by atoms with Gasteiger partial charge in [0.25, 0.3) is 0 Å². The summed E-state index contributed by atoms with van der Waals surface area (Å²) in [5.41, 5.74) is 3.49. The zero-order chi connectivity index (χ0) is 20.5. The fourth-order valence-corrected chi connectivity index (χ4v) is 3.43. The van der Waals surface area contributed by atoms with E-state index in [2.05, 4.69) is 34.6 Å². The number of halogens is 3. The molecule has 9 heteroatoms. The first-order valence-corrected chi connectivity index (χ1v) is 8.53. The van der Waals surface area contributed by atoms with Crippen LogP contribution in [0.5, 0.6) is 0 Å². The van der Waals surface area contributed by atoms with Crippen LogP contribution in [0.1, 0.15) is 24.0 Å². The number of hydrogen-bond donors (Lipinski definition) is 3. The fraction of sp³-hybridized carbons (Fsp3) is 0.316. The van der Waals surface area contributed by atoms with Crippen molar-refractivity contribution in [3.63, 3.8) is 0 Å². The molecule has 1 aliphatic carbocycles. The summed E-state index contributed by atoms with van der Waals surface area (Å²) < 4.78 is 31.7. The monoisotopic (exact) mass is 394 g/mol. The Bertz CT molecular complexity index is 996. The van der Waals surface area contributed by atoms with E-state index in [4.69, 9.17) is 9.90 Å². The quantitative estimate of drug-likeness (QED) is 0.674. The van der Waals surface area contributed by atoms with Crippen molar-refractivity contribution in [3.8, 4) is 0 Å². The van der Waals surface area contributed by atoms with Crippen molar-refractivity contribution in [2.45, 2.75) is 19.0 Å². The van der Waals surface area contributed by atoms with Crippen LogP contribution in [0.25, 0.3) is 17.8 Å². The van der Waals surface area contributed by atoms with Crippen LogP contribution in [-0.2, 0) is 9.59 Å². The first-order valence-electron chi connectivity index (χ1n) is 8.53. The van der Waals surface area contributed by atoms with E-state index in [1.165, 1.54) is 16.5 Å². The standard InChI is InChI=1S/C17H16N2O2.C2HF3O2/c20-17(21)13-6-12-3-1-2-10-8-15-11(4-5-18-15)7-14(10)16(12)19-9-13;3-2(4,5)1(6)7/h1-2,4-5,7-8,12-13,19H,3,6,9H2,(H,20,21);(H,6,7). The van der Waals surface area contributed by atoms with Gasteiger partial charge in [0.2, 0.25) is 0 Å². The Morgan fingerprint density at radius 1 is 1.14 bits per heavy atom. The molecule has 6 nitrogen and oxygen atoms in total. The molecule has 0 bridgehead atoms. The number of hydrogen-bond acceptors (Lipinski definition) is 4.